The lowest BCUT2D eigenvalue weighted by Crippen LogP contribution is -2.50. The van der Waals surface area contributed by atoms with Gasteiger partial charge in [-0.3, -0.25) is 19.4 Å². The highest BCUT2D eigenvalue weighted by Gasteiger charge is 2.24. The van der Waals surface area contributed by atoms with E-state index in [-0.39, 0.29) is 22.9 Å². The van der Waals surface area contributed by atoms with Gasteiger partial charge < -0.3 is 20.1 Å². The van der Waals surface area contributed by atoms with Crippen LogP contribution in [0.15, 0.2) is 48.8 Å². The molecule has 0 bridgehead atoms. The molecule has 2 aromatic carbocycles. The van der Waals surface area contributed by atoms with Crippen LogP contribution in [-0.4, -0.2) is 83.6 Å². The number of fused-ring (bicyclic) bond motifs is 1. The molecule has 1 aromatic heterocycles. The molecule has 1 atom stereocenters. The van der Waals surface area contributed by atoms with E-state index in [1.54, 1.807) is 25.1 Å². The molecule has 1 aliphatic carbocycles. The molecule has 1 saturated heterocycles. The lowest BCUT2D eigenvalue weighted by Gasteiger charge is -2.36. The van der Waals surface area contributed by atoms with Crippen molar-refractivity contribution in [2.45, 2.75) is 32.7 Å². The minimum atomic E-state index is -0.513. The number of hydrogen-bond acceptors (Lipinski definition) is 9. The van der Waals surface area contributed by atoms with Crippen LogP contribution in [0.4, 0.5) is 21.6 Å². The van der Waals surface area contributed by atoms with Gasteiger partial charge >= 0.3 is 5.97 Å². The number of nitrogens with one attached hydrogen (secondary N) is 2. The van der Waals surface area contributed by atoms with Gasteiger partial charge in [-0.1, -0.05) is 17.7 Å². The Morgan fingerprint density at radius 3 is 2.67 bits per heavy atom. The Morgan fingerprint density at radius 2 is 1.95 bits per heavy atom. The summed E-state index contributed by atoms with van der Waals surface area (Å²) < 4.78 is 24.8. The predicted octanol–water partition coefficient (Wildman–Crippen LogP) is 5.02. The van der Waals surface area contributed by atoms with Gasteiger partial charge in [-0.15, -0.1) is 0 Å². The maximum Gasteiger partial charge on any atom is 0.320 e. The highest BCUT2D eigenvalue weighted by molar-refractivity contribution is 6.31. The summed E-state index contributed by atoms with van der Waals surface area (Å²) in [6.45, 7) is 8.16. The molecule has 1 unspecified atom stereocenters. The van der Waals surface area contributed by atoms with Crippen LogP contribution in [0.3, 0.4) is 0 Å². The first-order valence-corrected chi connectivity index (χ1v) is 14.9. The summed E-state index contributed by atoms with van der Waals surface area (Å²) in [5.41, 5.74) is 1.68. The van der Waals surface area contributed by atoms with E-state index in [0.29, 0.717) is 59.5 Å². The number of piperazine rings is 1. The van der Waals surface area contributed by atoms with Gasteiger partial charge in [0.1, 0.15) is 23.7 Å². The van der Waals surface area contributed by atoms with Crippen molar-refractivity contribution in [2.75, 3.05) is 56.6 Å². The number of ether oxygens (including phenoxy) is 2. The number of benzene rings is 2. The summed E-state index contributed by atoms with van der Waals surface area (Å²) in [5.74, 6) is 0.512. The molecule has 10 nitrogen and oxygen atoms in total. The second kappa shape index (κ2) is 14.1. The van der Waals surface area contributed by atoms with E-state index in [4.69, 9.17) is 21.1 Å². The number of amides is 1. The van der Waals surface area contributed by atoms with Crippen molar-refractivity contribution < 1.29 is 23.5 Å². The molecule has 2 fully saturated rings. The molecule has 1 saturated carbocycles. The Hall–Kier alpha value is -3.80. The normalized spacial score (nSPS) is 16.7. The van der Waals surface area contributed by atoms with E-state index in [1.807, 2.05) is 13.0 Å². The SMILES string of the molecule is CCOC(=O)CN1CCN(C(C)/C=C/C(=O)Nc2cc3c(Nc4ccc(F)c(Cl)c4)ncnc3cc2OCC2CC2)CC1. The molecule has 12 heteroatoms. The third-order valence-electron chi connectivity index (χ3n) is 7.52. The van der Waals surface area contributed by atoms with E-state index < -0.39 is 5.82 Å². The number of aromatic nitrogens is 2. The van der Waals surface area contributed by atoms with Crippen molar-refractivity contribution >= 4 is 51.6 Å². The Labute approximate surface area is 255 Å². The predicted molar refractivity (Wildman–Crippen MR) is 164 cm³/mol. The fourth-order valence-electron chi connectivity index (χ4n) is 4.84. The standard InChI is InChI=1S/C31H36ClFN6O4/c1-3-42-30(41)17-38-10-12-39(13-11-38)20(2)4-9-29(40)37-27-15-23-26(16-28(27)43-18-21-5-6-21)34-19-35-31(23)36-22-7-8-25(33)24(32)14-22/h4,7-9,14-16,19-21H,3,5-6,10-13,17-18H2,1-2H3,(H,37,40)(H,34,35,36)/b9-4+. The van der Waals surface area contributed by atoms with Crippen LogP contribution >= 0.6 is 11.6 Å². The molecule has 43 heavy (non-hydrogen) atoms. The molecule has 228 valence electrons. The first kappa shape index (κ1) is 30.7. The van der Waals surface area contributed by atoms with Gasteiger partial charge in [0.2, 0.25) is 5.91 Å². The van der Waals surface area contributed by atoms with Crippen molar-refractivity contribution in [3.05, 3.63) is 59.7 Å². The minimum absolute atomic E-state index is 0.00773. The monoisotopic (exact) mass is 610 g/mol. The number of nitrogens with zero attached hydrogens (tertiary/aromatic N) is 4. The average Bonchev–Trinajstić information content (AvgIpc) is 3.82. The highest BCUT2D eigenvalue weighted by atomic mass is 35.5. The van der Waals surface area contributed by atoms with Crippen LogP contribution in [0.5, 0.6) is 5.75 Å². The van der Waals surface area contributed by atoms with Crippen LogP contribution < -0.4 is 15.4 Å². The van der Waals surface area contributed by atoms with Gasteiger partial charge in [-0.2, -0.15) is 0 Å². The molecule has 0 spiro atoms. The van der Waals surface area contributed by atoms with Crippen molar-refractivity contribution in [3.8, 4) is 5.75 Å². The Kier molecular flexibility index (Phi) is 10.1. The third kappa shape index (κ3) is 8.40. The van der Waals surface area contributed by atoms with Crippen LogP contribution in [0.2, 0.25) is 5.02 Å². The zero-order valence-corrected chi connectivity index (χ0v) is 25.1. The van der Waals surface area contributed by atoms with Gasteiger partial charge in [-0.05, 0) is 56.9 Å². The maximum absolute atomic E-state index is 13.7. The van der Waals surface area contributed by atoms with E-state index in [0.717, 1.165) is 39.0 Å². The summed E-state index contributed by atoms with van der Waals surface area (Å²) in [6, 6.07) is 7.93. The highest BCUT2D eigenvalue weighted by Crippen LogP contribution is 2.36. The molecule has 3 aromatic rings. The molecule has 1 amide bonds. The van der Waals surface area contributed by atoms with E-state index in [1.165, 1.54) is 24.5 Å². The topological polar surface area (TPSA) is 109 Å². The van der Waals surface area contributed by atoms with Crippen LogP contribution in [0.25, 0.3) is 10.9 Å². The number of anilines is 3. The maximum atomic E-state index is 13.7. The third-order valence-corrected chi connectivity index (χ3v) is 7.80. The van der Waals surface area contributed by atoms with Crippen molar-refractivity contribution in [2.24, 2.45) is 5.92 Å². The summed E-state index contributed by atoms with van der Waals surface area (Å²) in [7, 11) is 0. The van der Waals surface area contributed by atoms with Gasteiger partial charge in [0, 0.05) is 55.4 Å². The molecule has 2 N–H and O–H groups in total. The molecule has 5 rings (SSSR count). The Balaban J connectivity index is 1.28. The van der Waals surface area contributed by atoms with Crippen LogP contribution in [0.1, 0.15) is 26.7 Å². The van der Waals surface area contributed by atoms with E-state index >= 15 is 0 Å². The Morgan fingerprint density at radius 1 is 1.16 bits per heavy atom. The number of rotatable bonds is 12. The van der Waals surface area contributed by atoms with Gasteiger partial charge in [0.05, 0.1) is 36.0 Å². The number of hydrogen-bond donors (Lipinski definition) is 2. The zero-order chi connectivity index (χ0) is 30.3. The quantitative estimate of drug-likeness (QED) is 0.216. The lowest BCUT2D eigenvalue weighted by atomic mass is 10.1. The molecular formula is C31H36ClFN6O4. The van der Waals surface area contributed by atoms with Crippen LogP contribution in [0, 0.1) is 11.7 Å². The number of carbonyl (C=O) groups is 2. The Bertz CT molecular complexity index is 1490. The molecule has 2 aliphatic rings. The van der Waals surface area contributed by atoms with Crippen LogP contribution in [-0.2, 0) is 14.3 Å². The summed E-state index contributed by atoms with van der Waals surface area (Å²) in [4.78, 5) is 38.0. The molecular weight excluding hydrogens is 575 g/mol. The first-order valence-electron chi connectivity index (χ1n) is 14.5. The smallest absolute Gasteiger partial charge is 0.320 e. The van der Waals surface area contributed by atoms with E-state index in [2.05, 4.69) is 30.4 Å². The van der Waals surface area contributed by atoms with E-state index in [9.17, 15) is 14.0 Å². The lowest BCUT2D eigenvalue weighted by molar-refractivity contribution is -0.144. The van der Waals surface area contributed by atoms with Crippen molar-refractivity contribution in [3.63, 3.8) is 0 Å². The van der Waals surface area contributed by atoms with Gasteiger partial charge in [-0.25, -0.2) is 14.4 Å². The number of halogens is 2. The minimum Gasteiger partial charge on any atom is -0.491 e. The summed E-state index contributed by atoms with van der Waals surface area (Å²) in [5, 5.41) is 6.78. The summed E-state index contributed by atoms with van der Waals surface area (Å²) in [6.07, 6.45) is 7.09. The average molecular weight is 611 g/mol. The number of carbonyl (C=O) groups excluding carboxylic acids is 2. The van der Waals surface area contributed by atoms with Crippen molar-refractivity contribution in [1.82, 2.24) is 19.8 Å². The largest absolute Gasteiger partial charge is 0.491 e. The van der Waals surface area contributed by atoms with Gasteiger partial charge in [0.15, 0.2) is 0 Å². The first-order chi connectivity index (χ1) is 20.8. The molecule has 2 heterocycles. The zero-order valence-electron chi connectivity index (χ0n) is 24.3. The second-order valence-corrected chi connectivity index (χ2v) is 11.2. The molecule has 1 aliphatic heterocycles. The molecule has 0 radical (unpaired) electrons. The summed E-state index contributed by atoms with van der Waals surface area (Å²) >= 11 is 5.96. The van der Waals surface area contributed by atoms with Gasteiger partial charge in [0.25, 0.3) is 0 Å². The fraction of sp³-hybridized carbons (Fsp3) is 0.419. The van der Waals surface area contributed by atoms with Crippen molar-refractivity contribution in [1.29, 1.82) is 0 Å². The number of esters is 1. The fourth-order valence-corrected chi connectivity index (χ4v) is 5.02. The second-order valence-electron chi connectivity index (χ2n) is 10.8.